The van der Waals surface area contributed by atoms with E-state index in [0.29, 0.717) is 0 Å². The molecule has 0 unspecified atom stereocenters. The Kier molecular flexibility index (Phi) is 1.38. The van der Waals surface area contributed by atoms with Gasteiger partial charge in [-0.1, -0.05) is 17.7 Å². The Morgan fingerprint density at radius 2 is 2.30 bits per heavy atom. The molecule has 0 radical (unpaired) electrons. The molecule has 0 aromatic rings. The zero-order chi connectivity index (χ0) is 6.97. The number of hydrogen-bond acceptors (Lipinski definition) is 1. The Bertz CT molecular complexity index is 201. The molecule has 0 aromatic heterocycles. The molecule has 1 heteroatoms. The molecule has 0 saturated heterocycles. The van der Waals surface area contributed by atoms with Crippen molar-refractivity contribution < 1.29 is 5.11 Å². The monoisotopic (exact) mass is 136 g/mol. The number of allylic oxidation sites excluding steroid dienone is 2. The predicted molar refractivity (Wildman–Crippen MR) is 40.6 cm³/mol. The second kappa shape index (κ2) is 2.24. The maximum Gasteiger partial charge on any atom is 0.0617 e. The smallest absolute Gasteiger partial charge is 0.0617 e. The molecule has 0 spiro atoms. The van der Waals surface area contributed by atoms with Gasteiger partial charge in [0.2, 0.25) is 0 Å². The average molecular weight is 136 g/mol. The van der Waals surface area contributed by atoms with Crippen LogP contribution in [0.3, 0.4) is 0 Å². The van der Waals surface area contributed by atoms with E-state index >= 15 is 0 Å². The van der Waals surface area contributed by atoms with E-state index in [2.05, 4.69) is 12.2 Å². The zero-order valence-electron chi connectivity index (χ0n) is 6.01. The average Bonchev–Trinajstić information content (AvgIpc) is 2.27. The van der Waals surface area contributed by atoms with Gasteiger partial charge in [0.15, 0.2) is 0 Å². The van der Waals surface area contributed by atoms with Gasteiger partial charge in [0, 0.05) is 0 Å². The van der Waals surface area contributed by atoms with Gasteiger partial charge in [-0.25, -0.2) is 0 Å². The highest BCUT2D eigenvalue weighted by Gasteiger charge is 2.21. The number of hydrogen-bond donors (Lipinski definition) is 1. The molecule has 0 fully saturated rings. The molecule has 10 heavy (non-hydrogen) atoms. The summed E-state index contributed by atoms with van der Waals surface area (Å²) in [7, 11) is 0. The van der Waals surface area contributed by atoms with Crippen LogP contribution >= 0.6 is 0 Å². The topological polar surface area (TPSA) is 20.2 Å². The van der Waals surface area contributed by atoms with Crippen LogP contribution in [0.15, 0.2) is 23.3 Å². The van der Waals surface area contributed by atoms with E-state index in [1.165, 1.54) is 24.0 Å². The molecular weight excluding hydrogens is 124 g/mol. The number of aliphatic hydroxyl groups excluding tert-OH is 1. The van der Waals surface area contributed by atoms with E-state index in [9.17, 15) is 5.11 Å². The zero-order valence-corrected chi connectivity index (χ0v) is 6.01. The number of rotatable bonds is 0. The lowest BCUT2D eigenvalue weighted by Gasteiger charge is -2.05. The maximum atomic E-state index is 9.28. The van der Waals surface area contributed by atoms with Crippen molar-refractivity contribution in [1.29, 1.82) is 0 Å². The summed E-state index contributed by atoms with van der Waals surface area (Å²) in [5.74, 6) is 0. The molecule has 0 bridgehead atoms. The van der Waals surface area contributed by atoms with Crippen molar-refractivity contribution in [2.75, 3.05) is 0 Å². The van der Waals surface area contributed by atoms with Crippen molar-refractivity contribution >= 4 is 0 Å². The first-order valence-corrected chi connectivity index (χ1v) is 3.92. The normalized spacial score (nSPS) is 31.1. The summed E-state index contributed by atoms with van der Waals surface area (Å²) in [6, 6.07) is 0. The van der Waals surface area contributed by atoms with E-state index in [1.54, 1.807) is 0 Å². The van der Waals surface area contributed by atoms with Gasteiger partial charge in [-0.15, -0.1) is 0 Å². The third-order valence-electron chi connectivity index (χ3n) is 2.32. The van der Waals surface area contributed by atoms with Crippen molar-refractivity contribution in [3.8, 4) is 0 Å². The Hall–Kier alpha value is -0.560. The summed E-state index contributed by atoms with van der Waals surface area (Å²) >= 11 is 0. The minimum Gasteiger partial charge on any atom is -0.392 e. The van der Waals surface area contributed by atoms with E-state index in [0.717, 1.165) is 12.8 Å². The minimum absolute atomic E-state index is 0.0762. The third-order valence-corrected chi connectivity index (χ3v) is 2.32. The van der Waals surface area contributed by atoms with E-state index in [1.807, 2.05) is 0 Å². The van der Waals surface area contributed by atoms with Crippen LogP contribution < -0.4 is 0 Å². The lowest BCUT2D eigenvalue weighted by molar-refractivity contribution is 0.186. The molecule has 0 amide bonds. The summed E-state index contributed by atoms with van der Waals surface area (Å²) in [6.45, 7) is 0. The summed E-state index contributed by atoms with van der Waals surface area (Å²) in [5, 5.41) is 9.28. The van der Waals surface area contributed by atoms with E-state index in [4.69, 9.17) is 0 Å². The van der Waals surface area contributed by atoms with Gasteiger partial charge in [0.1, 0.15) is 0 Å². The van der Waals surface area contributed by atoms with Crippen LogP contribution in [0.25, 0.3) is 0 Å². The summed E-state index contributed by atoms with van der Waals surface area (Å²) in [4.78, 5) is 0. The predicted octanol–water partition coefficient (Wildman–Crippen LogP) is 1.79. The molecule has 2 aliphatic rings. The highest BCUT2D eigenvalue weighted by Crippen LogP contribution is 2.33. The maximum absolute atomic E-state index is 9.28. The first-order valence-electron chi connectivity index (χ1n) is 3.92. The molecule has 2 aliphatic carbocycles. The van der Waals surface area contributed by atoms with E-state index < -0.39 is 0 Å². The van der Waals surface area contributed by atoms with Crippen molar-refractivity contribution in [1.82, 2.24) is 0 Å². The molecule has 0 saturated carbocycles. The van der Waals surface area contributed by atoms with Crippen LogP contribution in [-0.4, -0.2) is 11.2 Å². The van der Waals surface area contributed by atoms with Crippen molar-refractivity contribution in [2.24, 2.45) is 0 Å². The molecule has 1 atom stereocenters. The molecule has 54 valence electrons. The van der Waals surface area contributed by atoms with Gasteiger partial charge >= 0.3 is 0 Å². The molecular formula is C9H12O. The fraction of sp³-hybridized carbons (Fsp3) is 0.556. The van der Waals surface area contributed by atoms with Crippen LogP contribution in [0.2, 0.25) is 0 Å². The molecule has 0 aromatic carbocycles. The Morgan fingerprint density at radius 1 is 1.40 bits per heavy atom. The van der Waals surface area contributed by atoms with Crippen LogP contribution in [0.1, 0.15) is 25.7 Å². The minimum atomic E-state index is -0.0762. The summed E-state index contributed by atoms with van der Waals surface area (Å²) < 4.78 is 0. The molecule has 0 aliphatic heterocycles. The second-order valence-electron chi connectivity index (χ2n) is 3.13. The van der Waals surface area contributed by atoms with Gasteiger partial charge < -0.3 is 5.11 Å². The first-order chi connectivity index (χ1) is 4.86. The van der Waals surface area contributed by atoms with Crippen LogP contribution in [0.5, 0.6) is 0 Å². The van der Waals surface area contributed by atoms with Gasteiger partial charge in [0.25, 0.3) is 0 Å². The standard InChI is InChI=1S/C9H12O/c10-9-5-7-3-1-2-4-8(7)6-9/h1,3,9-10H,2,4-6H2/t9-/m0/s1. The molecule has 0 heterocycles. The lowest BCUT2D eigenvalue weighted by Crippen LogP contribution is -1.98. The molecule has 2 rings (SSSR count). The number of aliphatic hydroxyl groups is 1. The van der Waals surface area contributed by atoms with Crippen molar-refractivity contribution in [3.05, 3.63) is 23.3 Å². The highest BCUT2D eigenvalue weighted by atomic mass is 16.3. The van der Waals surface area contributed by atoms with E-state index in [-0.39, 0.29) is 6.10 Å². The van der Waals surface area contributed by atoms with Crippen molar-refractivity contribution in [3.63, 3.8) is 0 Å². The van der Waals surface area contributed by atoms with Gasteiger partial charge in [-0.3, -0.25) is 0 Å². The highest BCUT2D eigenvalue weighted by molar-refractivity contribution is 5.34. The third kappa shape index (κ3) is 0.907. The first kappa shape index (κ1) is 6.17. The lowest BCUT2D eigenvalue weighted by atomic mass is 10.0. The van der Waals surface area contributed by atoms with Crippen LogP contribution in [0, 0.1) is 0 Å². The van der Waals surface area contributed by atoms with Gasteiger partial charge in [-0.05, 0) is 31.3 Å². The van der Waals surface area contributed by atoms with Crippen LogP contribution in [-0.2, 0) is 0 Å². The summed E-state index contributed by atoms with van der Waals surface area (Å²) in [5.41, 5.74) is 2.90. The second-order valence-corrected chi connectivity index (χ2v) is 3.13. The largest absolute Gasteiger partial charge is 0.392 e. The fourth-order valence-electron chi connectivity index (χ4n) is 1.82. The molecule has 1 N–H and O–H groups in total. The van der Waals surface area contributed by atoms with Gasteiger partial charge in [0.05, 0.1) is 6.10 Å². The quantitative estimate of drug-likeness (QED) is 0.538. The SMILES string of the molecule is O[C@H]1CC2=C(CCC=C2)C1. The molecule has 1 nitrogen and oxygen atoms in total. The Morgan fingerprint density at radius 3 is 3.10 bits per heavy atom. The Labute approximate surface area is 61.1 Å². The van der Waals surface area contributed by atoms with Crippen molar-refractivity contribution in [2.45, 2.75) is 31.8 Å². The van der Waals surface area contributed by atoms with Gasteiger partial charge in [-0.2, -0.15) is 0 Å². The Balaban J connectivity index is 2.21. The van der Waals surface area contributed by atoms with Crippen LogP contribution in [0.4, 0.5) is 0 Å². The fourth-order valence-corrected chi connectivity index (χ4v) is 1.82. The summed E-state index contributed by atoms with van der Waals surface area (Å²) in [6.07, 6.45) is 8.49.